The Balaban J connectivity index is 2.80. The van der Waals surface area contributed by atoms with Crippen molar-refractivity contribution in [2.24, 2.45) is 0 Å². The van der Waals surface area contributed by atoms with Crippen molar-refractivity contribution in [3.8, 4) is 0 Å². The minimum absolute atomic E-state index is 0.692. The van der Waals surface area contributed by atoms with Crippen molar-refractivity contribution < 1.29 is 14.8 Å². The lowest BCUT2D eigenvalue weighted by atomic mass is 9.76. The van der Waals surface area contributed by atoms with Crippen LogP contribution in [0.2, 0.25) is 0 Å². The van der Waals surface area contributed by atoms with Crippen molar-refractivity contribution in [2.45, 2.75) is 45.8 Å². The van der Waals surface area contributed by atoms with Crippen LogP contribution in [-0.4, -0.2) is 33.4 Å². The van der Waals surface area contributed by atoms with Crippen LogP contribution in [0.25, 0.3) is 0 Å². The van der Waals surface area contributed by atoms with Crippen molar-refractivity contribution >= 4 is 12.6 Å². The molecule has 0 atom stereocenters. The SMILES string of the molecule is Cc1[nH]ccc1B(O)OC(C)(C)C(C)(C)O. The number of H-pyrrole nitrogens is 1. The Morgan fingerprint density at radius 3 is 2.25 bits per heavy atom. The molecular weight excluding hydrogens is 205 g/mol. The molecule has 16 heavy (non-hydrogen) atoms. The lowest BCUT2D eigenvalue weighted by Gasteiger charge is -2.38. The molecule has 0 unspecified atom stereocenters. The molecule has 0 aromatic carbocycles. The number of hydrogen-bond donors (Lipinski definition) is 3. The maximum Gasteiger partial charge on any atom is 0.493 e. The summed E-state index contributed by atoms with van der Waals surface area (Å²) in [6, 6.07) is 1.76. The standard InChI is InChI=1S/C11H20BNO3/c1-8-9(6-7-13-8)12(15)16-11(4,5)10(2,3)14/h6-7,13-15H,1-5H3. The fraction of sp³-hybridized carbons (Fsp3) is 0.636. The summed E-state index contributed by atoms with van der Waals surface area (Å²) in [7, 11) is -1.03. The topological polar surface area (TPSA) is 65.5 Å². The average molecular weight is 225 g/mol. The largest absolute Gasteiger partial charge is 0.493 e. The molecule has 0 aliphatic carbocycles. The van der Waals surface area contributed by atoms with Gasteiger partial charge in [-0.25, -0.2) is 0 Å². The molecule has 0 saturated heterocycles. The summed E-state index contributed by atoms with van der Waals surface area (Å²) in [5, 5.41) is 19.9. The van der Waals surface area contributed by atoms with E-state index in [2.05, 4.69) is 4.98 Å². The van der Waals surface area contributed by atoms with Crippen LogP contribution in [0.15, 0.2) is 12.3 Å². The zero-order chi connectivity index (χ0) is 12.6. The van der Waals surface area contributed by atoms with E-state index in [0.717, 1.165) is 5.69 Å². The van der Waals surface area contributed by atoms with Gasteiger partial charge in [-0.05, 0) is 40.7 Å². The third kappa shape index (κ3) is 2.67. The molecule has 0 aliphatic rings. The predicted octanol–water partition coefficient (Wildman–Crippen LogP) is 0.577. The zero-order valence-electron chi connectivity index (χ0n) is 10.5. The van der Waals surface area contributed by atoms with Gasteiger partial charge in [0.15, 0.2) is 0 Å². The van der Waals surface area contributed by atoms with Gasteiger partial charge in [-0.1, -0.05) is 0 Å². The second kappa shape index (κ2) is 4.24. The molecule has 1 aromatic rings. The van der Waals surface area contributed by atoms with Crippen molar-refractivity contribution in [2.75, 3.05) is 0 Å². The van der Waals surface area contributed by atoms with Crippen LogP contribution in [0, 0.1) is 6.92 Å². The Bertz CT molecular complexity index is 354. The lowest BCUT2D eigenvalue weighted by Crippen LogP contribution is -2.53. The second-order valence-electron chi connectivity index (χ2n) is 5.10. The smallest absolute Gasteiger partial charge is 0.423 e. The van der Waals surface area contributed by atoms with Crippen LogP contribution < -0.4 is 5.46 Å². The Labute approximate surface area is 96.8 Å². The van der Waals surface area contributed by atoms with Crippen LogP contribution in [0.3, 0.4) is 0 Å². The van der Waals surface area contributed by atoms with E-state index >= 15 is 0 Å². The van der Waals surface area contributed by atoms with Crippen molar-refractivity contribution in [3.05, 3.63) is 18.0 Å². The molecule has 4 nitrogen and oxygen atoms in total. The van der Waals surface area contributed by atoms with Gasteiger partial charge in [0.05, 0.1) is 11.2 Å². The summed E-state index contributed by atoms with van der Waals surface area (Å²) < 4.78 is 5.51. The summed E-state index contributed by atoms with van der Waals surface area (Å²) in [6.45, 7) is 8.67. The first-order chi connectivity index (χ1) is 7.15. The number of nitrogens with one attached hydrogen (secondary N) is 1. The molecule has 0 radical (unpaired) electrons. The molecule has 1 rings (SSSR count). The maximum atomic E-state index is 9.94. The Morgan fingerprint density at radius 2 is 1.88 bits per heavy atom. The van der Waals surface area contributed by atoms with E-state index in [1.54, 1.807) is 40.0 Å². The monoisotopic (exact) mass is 225 g/mol. The van der Waals surface area contributed by atoms with Gasteiger partial charge in [0, 0.05) is 17.4 Å². The van der Waals surface area contributed by atoms with E-state index in [4.69, 9.17) is 4.65 Å². The van der Waals surface area contributed by atoms with Crippen LogP contribution in [0.4, 0.5) is 0 Å². The minimum atomic E-state index is -1.03. The van der Waals surface area contributed by atoms with Gasteiger partial charge >= 0.3 is 7.12 Å². The second-order valence-corrected chi connectivity index (χ2v) is 5.10. The summed E-state index contributed by atoms with van der Waals surface area (Å²) in [5.41, 5.74) is -0.315. The molecule has 0 spiro atoms. The summed E-state index contributed by atoms with van der Waals surface area (Å²) in [4.78, 5) is 2.97. The highest BCUT2D eigenvalue weighted by Gasteiger charge is 2.39. The molecule has 0 fully saturated rings. The molecule has 0 saturated carbocycles. The van der Waals surface area contributed by atoms with Gasteiger partial charge < -0.3 is 19.8 Å². The van der Waals surface area contributed by atoms with E-state index in [1.165, 1.54) is 0 Å². The summed E-state index contributed by atoms with van der Waals surface area (Å²) in [6.07, 6.45) is 1.74. The highest BCUT2D eigenvalue weighted by molar-refractivity contribution is 6.60. The number of aryl methyl sites for hydroxylation is 1. The lowest BCUT2D eigenvalue weighted by molar-refractivity contribution is -0.0982. The van der Waals surface area contributed by atoms with Crippen molar-refractivity contribution in [1.29, 1.82) is 0 Å². The van der Waals surface area contributed by atoms with Gasteiger partial charge in [-0.15, -0.1) is 0 Å². The van der Waals surface area contributed by atoms with Crippen LogP contribution in [0.5, 0.6) is 0 Å². The quantitative estimate of drug-likeness (QED) is 0.656. The first-order valence-electron chi connectivity index (χ1n) is 5.37. The first-order valence-corrected chi connectivity index (χ1v) is 5.37. The van der Waals surface area contributed by atoms with E-state index in [-0.39, 0.29) is 0 Å². The Morgan fingerprint density at radius 1 is 1.31 bits per heavy atom. The summed E-state index contributed by atoms with van der Waals surface area (Å²) >= 11 is 0. The highest BCUT2D eigenvalue weighted by atomic mass is 16.5. The fourth-order valence-corrected chi connectivity index (χ4v) is 1.22. The summed E-state index contributed by atoms with van der Waals surface area (Å²) in [5.74, 6) is 0. The number of rotatable bonds is 4. The van der Waals surface area contributed by atoms with Crippen LogP contribution >= 0.6 is 0 Å². The van der Waals surface area contributed by atoms with E-state index in [9.17, 15) is 10.1 Å². The number of hydrogen-bond acceptors (Lipinski definition) is 3. The molecule has 90 valence electrons. The third-order valence-corrected chi connectivity index (χ3v) is 3.14. The fourth-order valence-electron chi connectivity index (χ4n) is 1.22. The molecule has 3 N–H and O–H groups in total. The molecule has 0 aliphatic heterocycles. The normalized spacial score (nSPS) is 12.9. The Hall–Kier alpha value is -0.775. The number of aromatic amines is 1. The molecule has 5 heteroatoms. The van der Waals surface area contributed by atoms with E-state index < -0.39 is 18.3 Å². The van der Waals surface area contributed by atoms with Gasteiger partial charge in [0.1, 0.15) is 0 Å². The van der Waals surface area contributed by atoms with Gasteiger partial charge in [0.2, 0.25) is 0 Å². The van der Waals surface area contributed by atoms with Crippen molar-refractivity contribution in [1.82, 2.24) is 4.98 Å². The minimum Gasteiger partial charge on any atom is -0.423 e. The van der Waals surface area contributed by atoms with Crippen LogP contribution in [0.1, 0.15) is 33.4 Å². The molecular formula is C11H20BNO3. The van der Waals surface area contributed by atoms with Gasteiger partial charge in [0.25, 0.3) is 0 Å². The molecule has 0 bridgehead atoms. The third-order valence-electron chi connectivity index (χ3n) is 3.14. The number of aliphatic hydroxyl groups is 1. The Kier molecular flexibility index (Phi) is 3.52. The van der Waals surface area contributed by atoms with Crippen LogP contribution in [-0.2, 0) is 4.65 Å². The first kappa shape index (κ1) is 13.3. The molecule has 1 aromatic heterocycles. The van der Waals surface area contributed by atoms with Crippen molar-refractivity contribution in [3.63, 3.8) is 0 Å². The zero-order valence-corrected chi connectivity index (χ0v) is 10.5. The maximum absolute atomic E-state index is 9.94. The number of aromatic nitrogens is 1. The van der Waals surface area contributed by atoms with Gasteiger partial charge in [-0.2, -0.15) is 0 Å². The van der Waals surface area contributed by atoms with E-state index in [0.29, 0.717) is 5.46 Å². The predicted molar refractivity (Wildman–Crippen MR) is 64.6 cm³/mol. The molecule has 0 amide bonds. The van der Waals surface area contributed by atoms with E-state index in [1.807, 2.05) is 6.92 Å². The van der Waals surface area contributed by atoms with Gasteiger partial charge in [-0.3, -0.25) is 0 Å². The molecule has 1 heterocycles. The average Bonchev–Trinajstić information content (AvgIpc) is 2.48. The highest BCUT2D eigenvalue weighted by Crippen LogP contribution is 2.25.